The third-order valence-electron chi connectivity index (χ3n) is 3.47. The molecule has 1 aliphatic rings. The van der Waals surface area contributed by atoms with E-state index < -0.39 is 5.82 Å². The normalized spacial score (nSPS) is 17.4. The van der Waals surface area contributed by atoms with Crippen molar-refractivity contribution in [2.45, 2.75) is 25.4 Å². The average Bonchev–Trinajstić information content (AvgIpc) is 2.40. The molecule has 0 amide bonds. The van der Waals surface area contributed by atoms with Gasteiger partial charge in [0.25, 0.3) is 0 Å². The van der Waals surface area contributed by atoms with Crippen molar-refractivity contribution in [3.63, 3.8) is 0 Å². The van der Waals surface area contributed by atoms with E-state index in [4.69, 9.17) is 23.2 Å². The van der Waals surface area contributed by atoms with Gasteiger partial charge in [0.2, 0.25) is 0 Å². The van der Waals surface area contributed by atoms with Crippen molar-refractivity contribution in [1.29, 1.82) is 0 Å². The third-order valence-corrected chi connectivity index (χ3v) is 4.36. The summed E-state index contributed by atoms with van der Waals surface area (Å²) in [6, 6.07) is 3.63. The fourth-order valence-corrected chi connectivity index (χ4v) is 2.73. The first kappa shape index (κ1) is 14.1. The highest BCUT2D eigenvalue weighted by Crippen LogP contribution is 2.29. The van der Waals surface area contributed by atoms with Gasteiger partial charge in [-0.3, -0.25) is 4.90 Å². The molecular formula is C13H17Cl2FN2. The molecule has 1 N–H and O–H groups in total. The lowest BCUT2D eigenvalue weighted by Crippen LogP contribution is -2.40. The molecule has 0 unspecified atom stereocenters. The maximum Gasteiger partial charge on any atom is 0.143 e. The molecule has 1 saturated heterocycles. The molecule has 0 radical (unpaired) electrons. The highest BCUT2D eigenvalue weighted by Gasteiger charge is 2.19. The summed E-state index contributed by atoms with van der Waals surface area (Å²) in [6.45, 7) is 2.79. The molecular weight excluding hydrogens is 274 g/mol. The first-order valence-corrected chi connectivity index (χ1v) is 6.88. The molecule has 0 atom stereocenters. The minimum Gasteiger partial charge on any atom is -0.317 e. The highest BCUT2D eigenvalue weighted by atomic mass is 35.5. The van der Waals surface area contributed by atoms with Crippen LogP contribution in [-0.4, -0.2) is 31.1 Å². The fourth-order valence-electron chi connectivity index (χ4n) is 2.33. The topological polar surface area (TPSA) is 15.3 Å². The number of rotatable bonds is 3. The number of benzene rings is 1. The lowest BCUT2D eigenvalue weighted by molar-refractivity contribution is 0.192. The Labute approximate surface area is 117 Å². The number of hydrogen-bond donors (Lipinski definition) is 1. The van der Waals surface area contributed by atoms with Gasteiger partial charge in [-0.2, -0.15) is 0 Å². The van der Waals surface area contributed by atoms with E-state index in [0.717, 1.165) is 31.5 Å². The largest absolute Gasteiger partial charge is 0.317 e. The van der Waals surface area contributed by atoms with E-state index in [1.165, 1.54) is 6.07 Å². The van der Waals surface area contributed by atoms with Crippen LogP contribution >= 0.6 is 23.2 Å². The van der Waals surface area contributed by atoms with Gasteiger partial charge in [-0.15, -0.1) is 0 Å². The minimum atomic E-state index is -0.463. The summed E-state index contributed by atoms with van der Waals surface area (Å²) in [5.41, 5.74) is 0.879. The summed E-state index contributed by atoms with van der Waals surface area (Å²) in [5, 5.41) is 3.69. The second kappa shape index (κ2) is 6.20. The number of halogens is 3. The predicted molar refractivity (Wildman–Crippen MR) is 73.8 cm³/mol. The number of nitrogens with zero attached hydrogens (tertiary/aromatic N) is 1. The van der Waals surface area contributed by atoms with Crippen molar-refractivity contribution in [1.82, 2.24) is 10.2 Å². The fraction of sp³-hybridized carbons (Fsp3) is 0.538. The Morgan fingerprint density at radius 2 is 1.94 bits per heavy atom. The quantitative estimate of drug-likeness (QED) is 0.859. The zero-order valence-corrected chi connectivity index (χ0v) is 11.9. The molecule has 0 saturated carbocycles. The van der Waals surface area contributed by atoms with E-state index in [2.05, 4.69) is 17.3 Å². The van der Waals surface area contributed by atoms with Crippen molar-refractivity contribution < 1.29 is 4.39 Å². The molecule has 1 aromatic carbocycles. The molecule has 0 aliphatic carbocycles. The maximum absolute atomic E-state index is 13.2. The van der Waals surface area contributed by atoms with Crippen LogP contribution in [0.15, 0.2) is 12.1 Å². The van der Waals surface area contributed by atoms with E-state index >= 15 is 0 Å². The lowest BCUT2D eigenvalue weighted by atomic mass is 10.0. The Morgan fingerprint density at radius 1 is 1.28 bits per heavy atom. The summed E-state index contributed by atoms with van der Waals surface area (Å²) in [7, 11) is 2.07. The predicted octanol–water partition coefficient (Wildman–Crippen LogP) is 3.32. The molecule has 0 aromatic heterocycles. The van der Waals surface area contributed by atoms with Crippen LogP contribution in [0.2, 0.25) is 10.0 Å². The van der Waals surface area contributed by atoms with Gasteiger partial charge >= 0.3 is 0 Å². The maximum atomic E-state index is 13.2. The van der Waals surface area contributed by atoms with Crippen LogP contribution in [-0.2, 0) is 6.54 Å². The molecule has 0 spiro atoms. The van der Waals surface area contributed by atoms with Crippen LogP contribution in [0, 0.1) is 5.82 Å². The molecule has 100 valence electrons. The van der Waals surface area contributed by atoms with Crippen LogP contribution in [0.25, 0.3) is 0 Å². The Hall–Kier alpha value is -0.350. The molecule has 2 nitrogen and oxygen atoms in total. The molecule has 1 heterocycles. The van der Waals surface area contributed by atoms with Crippen LogP contribution in [0.4, 0.5) is 4.39 Å². The monoisotopic (exact) mass is 290 g/mol. The van der Waals surface area contributed by atoms with Gasteiger partial charge in [-0.05, 0) is 44.6 Å². The molecule has 5 heteroatoms. The highest BCUT2D eigenvalue weighted by molar-refractivity contribution is 6.42. The van der Waals surface area contributed by atoms with Crippen molar-refractivity contribution in [2.24, 2.45) is 0 Å². The zero-order chi connectivity index (χ0) is 13.1. The van der Waals surface area contributed by atoms with Crippen molar-refractivity contribution in [3.8, 4) is 0 Å². The van der Waals surface area contributed by atoms with Gasteiger partial charge in [0.05, 0.1) is 10.0 Å². The number of piperidine rings is 1. The van der Waals surface area contributed by atoms with Gasteiger partial charge in [-0.25, -0.2) is 4.39 Å². The van der Waals surface area contributed by atoms with E-state index in [0.29, 0.717) is 17.6 Å². The summed E-state index contributed by atoms with van der Waals surface area (Å²) >= 11 is 11.9. The zero-order valence-electron chi connectivity index (χ0n) is 10.3. The van der Waals surface area contributed by atoms with E-state index in [9.17, 15) is 4.39 Å². The Kier molecular flexibility index (Phi) is 4.84. The van der Waals surface area contributed by atoms with Crippen LogP contribution in [0.1, 0.15) is 18.4 Å². The molecule has 0 bridgehead atoms. The molecule has 2 rings (SSSR count). The standard InChI is InChI=1S/C13H17Cl2FN2/c1-18(10-4-6-17-7-5-10)8-9-2-3-11(16)13(15)12(9)14/h2-3,10,17H,4-8H2,1H3. The van der Waals surface area contributed by atoms with Crippen molar-refractivity contribution in [3.05, 3.63) is 33.6 Å². The second-order valence-corrected chi connectivity index (χ2v) is 5.49. The van der Waals surface area contributed by atoms with E-state index in [1.54, 1.807) is 6.07 Å². The summed E-state index contributed by atoms with van der Waals surface area (Å²) < 4.78 is 13.2. The number of hydrogen-bond acceptors (Lipinski definition) is 2. The van der Waals surface area contributed by atoms with Crippen LogP contribution in [0.3, 0.4) is 0 Å². The Balaban J connectivity index is 2.06. The Morgan fingerprint density at radius 3 is 2.61 bits per heavy atom. The van der Waals surface area contributed by atoms with Gasteiger partial charge in [-0.1, -0.05) is 29.3 Å². The summed E-state index contributed by atoms with van der Waals surface area (Å²) in [4.78, 5) is 2.26. The van der Waals surface area contributed by atoms with Crippen LogP contribution < -0.4 is 5.32 Å². The van der Waals surface area contributed by atoms with Crippen LogP contribution in [0.5, 0.6) is 0 Å². The summed E-state index contributed by atoms with van der Waals surface area (Å²) in [6.07, 6.45) is 2.26. The smallest absolute Gasteiger partial charge is 0.143 e. The SMILES string of the molecule is CN(Cc1ccc(F)c(Cl)c1Cl)C1CCNCC1. The molecule has 18 heavy (non-hydrogen) atoms. The van der Waals surface area contributed by atoms with Gasteiger partial charge in [0.1, 0.15) is 5.82 Å². The molecule has 1 fully saturated rings. The van der Waals surface area contributed by atoms with E-state index in [1.807, 2.05) is 0 Å². The van der Waals surface area contributed by atoms with Gasteiger partial charge in [0.15, 0.2) is 0 Å². The first-order chi connectivity index (χ1) is 8.59. The third kappa shape index (κ3) is 3.15. The average molecular weight is 291 g/mol. The number of nitrogens with one attached hydrogen (secondary N) is 1. The summed E-state index contributed by atoms with van der Waals surface area (Å²) in [5.74, 6) is -0.463. The molecule has 1 aliphatic heterocycles. The van der Waals surface area contributed by atoms with E-state index in [-0.39, 0.29) is 5.02 Å². The lowest BCUT2D eigenvalue weighted by Gasteiger charge is -2.31. The minimum absolute atomic E-state index is 0.0212. The second-order valence-electron chi connectivity index (χ2n) is 4.73. The molecule has 1 aromatic rings. The van der Waals surface area contributed by atoms with Crippen molar-refractivity contribution in [2.75, 3.05) is 20.1 Å². The Bertz CT molecular complexity index is 420. The van der Waals surface area contributed by atoms with Crippen molar-refractivity contribution >= 4 is 23.2 Å². The van der Waals surface area contributed by atoms with Gasteiger partial charge < -0.3 is 5.32 Å². The first-order valence-electron chi connectivity index (χ1n) is 6.13. The van der Waals surface area contributed by atoms with Gasteiger partial charge in [0, 0.05) is 12.6 Å².